The number of Topliss-reactive ketones (excluding diaryl/α,β-unsaturated/α-hetero) is 1. The zero-order valence-electron chi connectivity index (χ0n) is 14.9. The fraction of sp³-hybridized carbons (Fsp3) is 0.409. The van der Waals surface area contributed by atoms with Crippen LogP contribution in [-0.4, -0.2) is 30.4 Å². The maximum atomic E-state index is 13.2. The van der Waals surface area contributed by atoms with E-state index >= 15 is 0 Å². The van der Waals surface area contributed by atoms with Gasteiger partial charge in [-0.1, -0.05) is 36.4 Å². The van der Waals surface area contributed by atoms with Crippen LogP contribution < -0.4 is 4.74 Å². The van der Waals surface area contributed by atoms with Gasteiger partial charge in [0.1, 0.15) is 5.75 Å². The highest BCUT2D eigenvalue weighted by Crippen LogP contribution is 2.42. The summed E-state index contributed by atoms with van der Waals surface area (Å²) in [5.74, 6) is 1.74. The monoisotopic (exact) mass is 335 g/mol. The van der Waals surface area contributed by atoms with E-state index < -0.39 is 0 Å². The van der Waals surface area contributed by atoms with Gasteiger partial charge in [-0.25, -0.2) is 0 Å². The smallest absolute Gasteiger partial charge is 0.157 e. The van der Waals surface area contributed by atoms with E-state index in [1.165, 1.54) is 16.7 Å². The molecule has 0 N–H and O–H groups in total. The van der Waals surface area contributed by atoms with Crippen LogP contribution in [0.25, 0.3) is 0 Å². The number of ether oxygens (including phenoxy) is 1. The summed E-state index contributed by atoms with van der Waals surface area (Å²) in [4.78, 5) is 15.6. The molecule has 0 aromatic heterocycles. The lowest BCUT2D eigenvalue weighted by Gasteiger charge is -2.44. The predicted octanol–water partition coefficient (Wildman–Crippen LogP) is 3.81. The summed E-state index contributed by atoms with van der Waals surface area (Å²) in [7, 11) is 1.70. The number of benzene rings is 2. The minimum atomic E-state index is -0.0329. The fourth-order valence-corrected chi connectivity index (χ4v) is 4.49. The maximum Gasteiger partial charge on any atom is 0.157 e. The van der Waals surface area contributed by atoms with Gasteiger partial charge in [-0.2, -0.15) is 0 Å². The van der Waals surface area contributed by atoms with E-state index in [1.807, 2.05) is 12.1 Å². The largest absolute Gasteiger partial charge is 0.497 e. The molecule has 25 heavy (non-hydrogen) atoms. The van der Waals surface area contributed by atoms with E-state index in [0.29, 0.717) is 11.7 Å². The fourth-order valence-electron chi connectivity index (χ4n) is 4.49. The molecule has 4 rings (SSSR count). The van der Waals surface area contributed by atoms with Crippen molar-refractivity contribution in [1.29, 1.82) is 0 Å². The third kappa shape index (κ3) is 2.98. The van der Waals surface area contributed by atoms with Crippen LogP contribution in [-0.2, 0) is 17.8 Å². The zero-order valence-corrected chi connectivity index (χ0v) is 14.9. The van der Waals surface area contributed by atoms with Crippen LogP contribution in [0.15, 0.2) is 48.5 Å². The Morgan fingerprint density at radius 1 is 1.16 bits per heavy atom. The Kier molecular flexibility index (Phi) is 4.34. The summed E-state index contributed by atoms with van der Waals surface area (Å²) in [5, 5.41) is 0. The zero-order chi connectivity index (χ0) is 17.4. The van der Waals surface area contributed by atoms with Crippen LogP contribution in [0.4, 0.5) is 0 Å². The van der Waals surface area contributed by atoms with Crippen molar-refractivity contribution in [2.24, 2.45) is 5.92 Å². The number of carbonyl (C=O) groups is 1. The number of aryl methyl sites for hydroxylation is 1. The molecule has 3 atom stereocenters. The molecule has 3 unspecified atom stereocenters. The molecule has 2 aromatic carbocycles. The first-order valence-corrected chi connectivity index (χ1v) is 9.16. The van der Waals surface area contributed by atoms with Crippen molar-refractivity contribution in [1.82, 2.24) is 4.90 Å². The van der Waals surface area contributed by atoms with Crippen molar-refractivity contribution in [3.05, 3.63) is 65.2 Å². The molecule has 3 heteroatoms. The Balaban J connectivity index is 1.59. The lowest BCUT2D eigenvalue weighted by Crippen LogP contribution is -2.52. The first kappa shape index (κ1) is 16.3. The molecule has 0 amide bonds. The first-order chi connectivity index (χ1) is 12.2. The van der Waals surface area contributed by atoms with Gasteiger partial charge < -0.3 is 4.74 Å². The predicted molar refractivity (Wildman–Crippen MR) is 98.9 cm³/mol. The SMILES string of the molecule is COc1ccc2c(c1)CCC1CN(Cc3ccccc3)C(C)C(=O)C21. The Morgan fingerprint density at radius 3 is 2.72 bits per heavy atom. The summed E-state index contributed by atoms with van der Waals surface area (Å²) in [6.45, 7) is 3.92. The van der Waals surface area contributed by atoms with Crippen molar-refractivity contribution >= 4 is 5.78 Å². The number of hydrogen-bond donors (Lipinski definition) is 0. The highest BCUT2D eigenvalue weighted by atomic mass is 16.5. The van der Waals surface area contributed by atoms with Crippen LogP contribution in [0.2, 0.25) is 0 Å². The van der Waals surface area contributed by atoms with Gasteiger partial charge in [0.15, 0.2) is 5.78 Å². The second-order valence-electron chi connectivity index (χ2n) is 7.33. The first-order valence-electron chi connectivity index (χ1n) is 9.16. The number of carbonyl (C=O) groups excluding carboxylic acids is 1. The van der Waals surface area contributed by atoms with Crippen molar-refractivity contribution in [3.63, 3.8) is 0 Å². The average molecular weight is 335 g/mol. The molecule has 130 valence electrons. The number of fused-ring (bicyclic) bond motifs is 3. The molecule has 3 nitrogen and oxygen atoms in total. The molecule has 1 aliphatic carbocycles. The molecule has 1 heterocycles. The second kappa shape index (κ2) is 6.64. The summed E-state index contributed by atoms with van der Waals surface area (Å²) >= 11 is 0. The molecular weight excluding hydrogens is 310 g/mol. The van der Waals surface area contributed by atoms with Crippen molar-refractivity contribution in [2.75, 3.05) is 13.7 Å². The second-order valence-corrected chi connectivity index (χ2v) is 7.33. The Bertz CT molecular complexity index is 771. The Hall–Kier alpha value is -2.13. The number of ketones is 1. The summed E-state index contributed by atoms with van der Waals surface area (Å²) in [6, 6.07) is 16.7. The van der Waals surface area contributed by atoms with Crippen molar-refractivity contribution in [2.45, 2.75) is 38.3 Å². The summed E-state index contributed by atoms with van der Waals surface area (Å²) in [5.41, 5.74) is 3.80. The number of likely N-dealkylation sites (tertiary alicyclic amines) is 1. The molecule has 2 aliphatic rings. The van der Waals surface area contributed by atoms with Crippen LogP contribution in [0, 0.1) is 5.92 Å². The Morgan fingerprint density at radius 2 is 1.96 bits per heavy atom. The van der Waals surface area contributed by atoms with E-state index in [1.54, 1.807) is 7.11 Å². The normalized spacial score (nSPS) is 26.0. The average Bonchev–Trinajstić information content (AvgIpc) is 2.65. The van der Waals surface area contributed by atoms with Gasteiger partial charge in [0.2, 0.25) is 0 Å². The van der Waals surface area contributed by atoms with Gasteiger partial charge in [0.05, 0.1) is 13.2 Å². The molecule has 1 fully saturated rings. The number of piperidine rings is 1. The van der Waals surface area contributed by atoms with Gasteiger partial charge in [-0.3, -0.25) is 9.69 Å². The van der Waals surface area contributed by atoms with Crippen LogP contribution in [0.5, 0.6) is 5.75 Å². The van der Waals surface area contributed by atoms with Gasteiger partial charge in [-0.05, 0) is 54.5 Å². The van der Waals surface area contributed by atoms with E-state index in [9.17, 15) is 4.79 Å². The molecule has 2 aromatic rings. The van der Waals surface area contributed by atoms with Crippen LogP contribution >= 0.6 is 0 Å². The van der Waals surface area contributed by atoms with E-state index in [0.717, 1.165) is 31.7 Å². The maximum absolute atomic E-state index is 13.2. The van der Waals surface area contributed by atoms with E-state index in [2.05, 4.69) is 48.2 Å². The van der Waals surface area contributed by atoms with Gasteiger partial charge in [-0.15, -0.1) is 0 Å². The molecule has 0 spiro atoms. The van der Waals surface area contributed by atoms with Crippen molar-refractivity contribution in [3.8, 4) is 5.75 Å². The molecular formula is C22H25NO2. The summed E-state index contributed by atoms with van der Waals surface area (Å²) < 4.78 is 5.35. The summed E-state index contributed by atoms with van der Waals surface area (Å²) in [6.07, 6.45) is 2.11. The van der Waals surface area contributed by atoms with E-state index in [-0.39, 0.29) is 12.0 Å². The highest BCUT2D eigenvalue weighted by molar-refractivity contribution is 5.92. The molecule has 1 saturated heterocycles. The number of hydrogen-bond acceptors (Lipinski definition) is 3. The quantitative estimate of drug-likeness (QED) is 0.854. The highest BCUT2D eigenvalue weighted by Gasteiger charge is 2.43. The number of nitrogens with zero attached hydrogens (tertiary/aromatic N) is 1. The molecule has 0 radical (unpaired) electrons. The number of rotatable bonds is 3. The molecule has 0 bridgehead atoms. The number of methoxy groups -OCH3 is 1. The molecule has 0 saturated carbocycles. The van der Waals surface area contributed by atoms with Gasteiger partial charge >= 0.3 is 0 Å². The van der Waals surface area contributed by atoms with Gasteiger partial charge in [0.25, 0.3) is 0 Å². The minimum Gasteiger partial charge on any atom is -0.497 e. The lowest BCUT2D eigenvalue weighted by molar-refractivity contribution is -0.131. The minimum absolute atomic E-state index is 0.0329. The van der Waals surface area contributed by atoms with Gasteiger partial charge in [0, 0.05) is 19.0 Å². The Labute approximate surface area is 149 Å². The lowest BCUT2D eigenvalue weighted by atomic mass is 9.69. The van der Waals surface area contributed by atoms with Crippen LogP contribution in [0.1, 0.15) is 36.0 Å². The molecule has 1 aliphatic heterocycles. The topological polar surface area (TPSA) is 29.5 Å². The van der Waals surface area contributed by atoms with Crippen molar-refractivity contribution < 1.29 is 9.53 Å². The standard InChI is InChI=1S/C22H25NO2/c1-15-22(24)21-18(14-23(15)13-16-6-4-3-5-7-16)9-8-17-12-19(25-2)10-11-20(17)21/h3-7,10-12,15,18,21H,8-9,13-14H2,1-2H3. The third-order valence-corrected chi connectivity index (χ3v) is 5.90. The third-order valence-electron chi connectivity index (χ3n) is 5.90. The van der Waals surface area contributed by atoms with Crippen LogP contribution in [0.3, 0.4) is 0 Å². The van der Waals surface area contributed by atoms with E-state index in [4.69, 9.17) is 4.74 Å².